The lowest BCUT2D eigenvalue weighted by molar-refractivity contribution is -0.137. The molecule has 2 aromatic rings. The van der Waals surface area contributed by atoms with Crippen molar-refractivity contribution in [3.63, 3.8) is 0 Å². The van der Waals surface area contributed by atoms with Crippen molar-refractivity contribution in [2.24, 2.45) is 0 Å². The SMILES string of the molecule is COc1ccc(C(C)N(C)Cc2cccc(C(F)(F)F)c2)cc1. The van der Waals surface area contributed by atoms with Gasteiger partial charge in [0.05, 0.1) is 12.7 Å². The van der Waals surface area contributed by atoms with Crippen molar-refractivity contribution in [1.29, 1.82) is 0 Å². The largest absolute Gasteiger partial charge is 0.497 e. The Hall–Kier alpha value is -2.01. The zero-order valence-electron chi connectivity index (χ0n) is 13.4. The van der Waals surface area contributed by atoms with Crippen LogP contribution in [0.2, 0.25) is 0 Å². The molecule has 2 aromatic carbocycles. The normalized spacial score (nSPS) is 13.2. The third-order valence-corrected chi connectivity index (χ3v) is 3.95. The van der Waals surface area contributed by atoms with Gasteiger partial charge in [0.15, 0.2) is 0 Å². The number of benzene rings is 2. The first-order valence-electron chi connectivity index (χ1n) is 7.31. The third-order valence-electron chi connectivity index (χ3n) is 3.95. The molecule has 1 unspecified atom stereocenters. The summed E-state index contributed by atoms with van der Waals surface area (Å²) < 4.78 is 43.5. The van der Waals surface area contributed by atoms with Gasteiger partial charge >= 0.3 is 6.18 Å². The predicted octanol–water partition coefficient (Wildman–Crippen LogP) is 4.91. The molecular formula is C18H20F3NO. The van der Waals surface area contributed by atoms with Crippen LogP contribution < -0.4 is 4.74 Å². The van der Waals surface area contributed by atoms with Crippen LogP contribution in [0.5, 0.6) is 5.75 Å². The highest BCUT2D eigenvalue weighted by Gasteiger charge is 2.30. The highest BCUT2D eigenvalue weighted by atomic mass is 19.4. The topological polar surface area (TPSA) is 12.5 Å². The fourth-order valence-corrected chi connectivity index (χ4v) is 2.41. The number of methoxy groups -OCH3 is 1. The second kappa shape index (κ2) is 7.04. The standard InChI is InChI=1S/C18H20F3NO/c1-13(15-7-9-17(23-3)10-8-15)22(2)12-14-5-4-6-16(11-14)18(19,20)21/h4-11,13H,12H2,1-3H3. The summed E-state index contributed by atoms with van der Waals surface area (Å²) in [5, 5.41) is 0. The summed E-state index contributed by atoms with van der Waals surface area (Å²) in [4.78, 5) is 2.01. The quantitative estimate of drug-likeness (QED) is 0.775. The van der Waals surface area contributed by atoms with E-state index in [0.29, 0.717) is 12.1 Å². The lowest BCUT2D eigenvalue weighted by Crippen LogP contribution is -2.22. The highest BCUT2D eigenvalue weighted by molar-refractivity contribution is 5.29. The van der Waals surface area contributed by atoms with Gasteiger partial charge in [0.2, 0.25) is 0 Å². The van der Waals surface area contributed by atoms with E-state index in [1.807, 2.05) is 43.1 Å². The lowest BCUT2D eigenvalue weighted by atomic mass is 10.1. The Bertz CT molecular complexity index is 637. The van der Waals surface area contributed by atoms with E-state index in [9.17, 15) is 13.2 Å². The van der Waals surface area contributed by atoms with E-state index in [-0.39, 0.29) is 6.04 Å². The van der Waals surface area contributed by atoms with Crippen molar-refractivity contribution in [1.82, 2.24) is 4.90 Å². The number of ether oxygens (including phenoxy) is 1. The van der Waals surface area contributed by atoms with Gasteiger partial charge in [-0.1, -0.05) is 30.3 Å². The van der Waals surface area contributed by atoms with Crippen LogP contribution in [0.1, 0.15) is 29.7 Å². The van der Waals surface area contributed by atoms with Crippen molar-refractivity contribution < 1.29 is 17.9 Å². The van der Waals surface area contributed by atoms with Crippen LogP contribution in [-0.2, 0) is 12.7 Å². The molecule has 0 radical (unpaired) electrons. The Morgan fingerprint density at radius 2 is 1.74 bits per heavy atom. The van der Waals surface area contributed by atoms with Crippen LogP contribution in [0.3, 0.4) is 0 Å². The summed E-state index contributed by atoms with van der Waals surface area (Å²) in [6.45, 7) is 2.46. The molecule has 0 aliphatic carbocycles. The number of nitrogens with zero attached hydrogens (tertiary/aromatic N) is 1. The first kappa shape index (κ1) is 17.3. The molecule has 0 aromatic heterocycles. The van der Waals surface area contributed by atoms with Gasteiger partial charge in [-0.3, -0.25) is 4.90 Å². The molecular weight excluding hydrogens is 303 g/mol. The van der Waals surface area contributed by atoms with Crippen molar-refractivity contribution in [3.05, 3.63) is 65.2 Å². The minimum Gasteiger partial charge on any atom is -0.497 e. The second-order valence-corrected chi connectivity index (χ2v) is 5.56. The molecule has 0 heterocycles. The molecule has 1 atom stereocenters. The molecule has 0 saturated heterocycles. The summed E-state index contributed by atoms with van der Waals surface area (Å²) in [5.41, 5.74) is 1.11. The van der Waals surface area contributed by atoms with E-state index < -0.39 is 11.7 Å². The number of halogens is 3. The van der Waals surface area contributed by atoms with Crippen LogP contribution in [-0.4, -0.2) is 19.1 Å². The molecule has 23 heavy (non-hydrogen) atoms. The lowest BCUT2D eigenvalue weighted by Gasteiger charge is -2.25. The van der Waals surface area contributed by atoms with Gasteiger partial charge in [-0.15, -0.1) is 0 Å². The molecule has 0 spiro atoms. The Labute approximate surface area is 134 Å². The average Bonchev–Trinajstić information content (AvgIpc) is 2.53. The van der Waals surface area contributed by atoms with Gasteiger partial charge in [-0.25, -0.2) is 0 Å². The van der Waals surface area contributed by atoms with Crippen LogP contribution in [0, 0.1) is 0 Å². The van der Waals surface area contributed by atoms with Gasteiger partial charge in [-0.2, -0.15) is 13.2 Å². The molecule has 0 aliphatic heterocycles. The van der Waals surface area contributed by atoms with E-state index >= 15 is 0 Å². The summed E-state index contributed by atoms with van der Waals surface area (Å²) in [6.07, 6.45) is -4.31. The van der Waals surface area contributed by atoms with Crippen LogP contribution in [0.4, 0.5) is 13.2 Å². The zero-order chi connectivity index (χ0) is 17.0. The number of hydrogen-bond acceptors (Lipinski definition) is 2. The van der Waals surface area contributed by atoms with Gasteiger partial charge in [-0.05, 0) is 43.3 Å². The van der Waals surface area contributed by atoms with E-state index in [0.717, 1.165) is 17.4 Å². The Balaban J connectivity index is 2.10. The summed E-state index contributed by atoms with van der Waals surface area (Å²) in [5.74, 6) is 0.779. The highest BCUT2D eigenvalue weighted by Crippen LogP contribution is 2.30. The van der Waals surface area contributed by atoms with Gasteiger partial charge < -0.3 is 4.74 Å². The molecule has 0 fully saturated rings. The maximum atomic E-state index is 12.8. The van der Waals surface area contributed by atoms with Crippen molar-refractivity contribution in [2.45, 2.75) is 25.7 Å². The van der Waals surface area contributed by atoms with Gasteiger partial charge in [0.1, 0.15) is 5.75 Å². The maximum absolute atomic E-state index is 12.8. The fraction of sp³-hybridized carbons (Fsp3) is 0.333. The predicted molar refractivity (Wildman–Crippen MR) is 84.3 cm³/mol. The maximum Gasteiger partial charge on any atom is 0.416 e. The first-order valence-corrected chi connectivity index (χ1v) is 7.31. The molecule has 5 heteroatoms. The molecule has 2 rings (SSSR count). The Morgan fingerprint density at radius 1 is 1.09 bits per heavy atom. The molecule has 2 nitrogen and oxygen atoms in total. The van der Waals surface area contributed by atoms with Crippen molar-refractivity contribution in [3.8, 4) is 5.75 Å². The van der Waals surface area contributed by atoms with Crippen molar-refractivity contribution >= 4 is 0 Å². The third kappa shape index (κ3) is 4.48. The van der Waals surface area contributed by atoms with E-state index in [1.165, 1.54) is 12.1 Å². The first-order chi connectivity index (χ1) is 10.8. The van der Waals surface area contributed by atoms with Gasteiger partial charge in [0.25, 0.3) is 0 Å². The number of hydrogen-bond donors (Lipinski definition) is 0. The smallest absolute Gasteiger partial charge is 0.416 e. The number of alkyl halides is 3. The fourth-order valence-electron chi connectivity index (χ4n) is 2.41. The second-order valence-electron chi connectivity index (χ2n) is 5.56. The zero-order valence-corrected chi connectivity index (χ0v) is 13.4. The molecule has 0 bridgehead atoms. The number of rotatable bonds is 5. The summed E-state index contributed by atoms with van der Waals surface area (Å²) in [6, 6.07) is 13.2. The summed E-state index contributed by atoms with van der Waals surface area (Å²) in [7, 11) is 3.51. The molecule has 0 aliphatic rings. The monoisotopic (exact) mass is 323 g/mol. The molecule has 0 N–H and O–H groups in total. The van der Waals surface area contributed by atoms with Crippen LogP contribution >= 0.6 is 0 Å². The minimum absolute atomic E-state index is 0.0791. The van der Waals surface area contributed by atoms with E-state index in [1.54, 1.807) is 13.2 Å². The Morgan fingerprint density at radius 3 is 2.30 bits per heavy atom. The van der Waals surface area contributed by atoms with Crippen LogP contribution in [0.15, 0.2) is 48.5 Å². The Kier molecular flexibility index (Phi) is 5.31. The van der Waals surface area contributed by atoms with Crippen LogP contribution in [0.25, 0.3) is 0 Å². The average molecular weight is 323 g/mol. The minimum atomic E-state index is -4.31. The molecule has 0 saturated carbocycles. The van der Waals surface area contributed by atoms with E-state index in [2.05, 4.69) is 0 Å². The summed E-state index contributed by atoms with van der Waals surface area (Å²) >= 11 is 0. The van der Waals surface area contributed by atoms with Crippen molar-refractivity contribution in [2.75, 3.05) is 14.2 Å². The molecule has 0 amide bonds. The molecule has 124 valence electrons. The van der Waals surface area contributed by atoms with E-state index in [4.69, 9.17) is 4.74 Å². The van der Waals surface area contributed by atoms with Gasteiger partial charge in [0, 0.05) is 12.6 Å².